The second kappa shape index (κ2) is 9.38. The third kappa shape index (κ3) is 5.44. The van der Waals surface area contributed by atoms with Crippen LogP contribution in [0, 0.1) is 5.92 Å². The van der Waals surface area contributed by atoms with Gasteiger partial charge in [-0.1, -0.05) is 6.07 Å². The summed E-state index contributed by atoms with van der Waals surface area (Å²) in [5, 5.41) is 31.5. The third-order valence-electron chi connectivity index (χ3n) is 5.13. The number of amides is 2. The lowest BCUT2D eigenvalue weighted by Gasteiger charge is -2.32. The molecule has 0 saturated carbocycles. The van der Waals surface area contributed by atoms with Crippen molar-refractivity contribution < 1.29 is 34.4 Å². The summed E-state index contributed by atoms with van der Waals surface area (Å²) in [6.07, 6.45) is 1.35. The molecule has 0 bridgehead atoms. The molecular weight excluding hydrogens is 404 g/mol. The van der Waals surface area contributed by atoms with Crippen molar-refractivity contribution in [2.75, 3.05) is 19.6 Å². The molecule has 3 rings (SSSR count). The summed E-state index contributed by atoms with van der Waals surface area (Å²) in [5.41, 5.74) is 0.477. The van der Waals surface area contributed by atoms with E-state index in [1.165, 1.54) is 13.0 Å². The van der Waals surface area contributed by atoms with Crippen molar-refractivity contribution in [3.63, 3.8) is 0 Å². The largest absolute Gasteiger partial charge is 0.504 e. The number of hydrogen-bond donors (Lipinski definition) is 4. The van der Waals surface area contributed by atoms with E-state index in [-0.39, 0.29) is 23.3 Å². The number of carbonyl (C=O) groups is 3. The van der Waals surface area contributed by atoms with Crippen LogP contribution < -0.4 is 10.1 Å². The molecule has 164 valence electrons. The number of nitrogens with zero attached hydrogens (tertiary/aromatic N) is 1. The molecule has 0 radical (unpaired) electrons. The Hall–Kier alpha value is -3.75. The van der Waals surface area contributed by atoms with Gasteiger partial charge < -0.3 is 30.3 Å². The van der Waals surface area contributed by atoms with E-state index in [1.54, 1.807) is 23.1 Å². The van der Waals surface area contributed by atoms with Gasteiger partial charge in [0, 0.05) is 37.7 Å². The summed E-state index contributed by atoms with van der Waals surface area (Å²) in [7, 11) is 0. The molecule has 0 atom stereocenters. The zero-order valence-corrected chi connectivity index (χ0v) is 17.0. The third-order valence-corrected chi connectivity index (χ3v) is 5.13. The fourth-order valence-electron chi connectivity index (χ4n) is 3.46. The van der Waals surface area contributed by atoms with Gasteiger partial charge in [0.05, 0.1) is 0 Å². The Morgan fingerprint density at radius 1 is 1.03 bits per heavy atom. The Balaban J connectivity index is 1.51. The lowest BCUT2D eigenvalue weighted by molar-refractivity contribution is -0.131. The van der Waals surface area contributed by atoms with Crippen LogP contribution in [0.15, 0.2) is 36.4 Å². The summed E-state index contributed by atoms with van der Waals surface area (Å²) in [4.78, 5) is 37.6. The van der Waals surface area contributed by atoms with Crippen molar-refractivity contribution in [3.05, 3.63) is 47.5 Å². The smallest absolute Gasteiger partial charge is 0.308 e. The van der Waals surface area contributed by atoms with Crippen LogP contribution >= 0.6 is 0 Å². The molecule has 0 unspecified atom stereocenters. The van der Waals surface area contributed by atoms with E-state index < -0.39 is 23.2 Å². The minimum absolute atomic E-state index is 0.0900. The van der Waals surface area contributed by atoms with E-state index in [0.29, 0.717) is 43.8 Å². The number of carbonyl (C=O) groups excluding carboxylic acids is 3. The maximum absolute atomic E-state index is 12.6. The van der Waals surface area contributed by atoms with E-state index in [4.69, 9.17) is 4.74 Å². The molecule has 1 aliphatic heterocycles. The van der Waals surface area contributed by atoms with E-state index in [2.05, 4.69) is 5.32 Å². The van der Waals surface area contributed by atoms with E-state index in [0.717, 1.165) is 12.1 Å². The van der Waals surface area contributed by atoms with Crippen molar-refractivity contribution in [2.45, 2.75) is 19.8 Å². The molecule has 0 aromatic heterocycles. The molecule has 4 N–H and O–H groups in total. The maximum Gasteiger partial charge on any atom is 0.308 e. The van der Waals surface area contributed by atoms with Crippen LogP contribution in [0.2, 0.25) is 0 Å². The first-order valence-corrected chi connectivity index (χ1v) is 9.85. The summed E-state index contributed by atoms with van der Waals surface area (Å²) in [5.74, 6) is -2.37. The molecule has 2 amide bonds. The van der Waals surface area contributed by atoms with Crippen molar-refractivity contribution in [3.8, 4) is 23.0 Å². The fourth-order valence-corrected chi connectivity index (χ4v) is 3.46. The lowest BCUT2D eigenvalue weighted by atomic mass is 9.96. The number of benzene rings is 2. The van der Waals surface area contributed by atoms with Crippen molar-refractivity contribution in [1.29, 1.82) is 0 Å². The summed E-state index contributed by atoms with van der Waals surface area (Å²) in [6, 6.07) is 8.60. The number of esters is 1. The summed E-state index contributed by atoms with van der Waals surface area (Å²) in [6.45, 7) is 2.66. The van der Waals surface area contributed by atoms with Crippen LogP contribution in [0.3, 0.4) is 0 Å². The second-order valence-corrected chi connectivity index (χ2v) is 7.43. The van der Waals surface area contributed by atoms with Gasteiger partial charge in [0.25, 0.3) is 11.8 Å². The highest BCUT2D eigenvalue weighted by molar-refractivity contribution is 5.96. The van der Waals surface area contributed by atoms with E-state index >= 15 is 0 Å². The van der Waals surface area contributed by atoms with Gasteiger partial charge in [-0.2, -0.15) is 0 Å². The quantitative estimate of drug-likeness (QED) is 0.325. The zero-order valence-electron chi connectivity index (χ0n) is 17.0. The number of rotatable bonds is 5. The molecule has 31 heavy (non-hydrogen) atoms. The predicted octanol–water partition coefficient (Wildman–Crippen LogP) is 2.01. The number of hydrogen-bond acceptors (Lipinski definition) is 7. The highest BCUT2D eigenvalue weighted by Gasteiger charge is 2.25. The van der Waals surface area contributed by atoms with Crippen LogP contribution in [0.1, 0.15) is 40.5 Å². The number of ether oxygens (including phenoxy) is 1. The molecule has 1 aliphatic rings. The Bertz CT molecular complexity index is 974. The van der Waals surface area contributed by atoms with Crippen LogP contribution in [0.4, 0.5) is 0 Å². The molecular formula is C22H24N2O7. The highest BCUT2D eigenvalue weighted by atomic mass is 16.5. The number of aromatic hydroxyl groups is 3. The number of nitrogens with one attached hydrogen (secondary N) is 1. The fraction of sp³-hybridized carbons (Fsp3) is 0.318. The number of phenolic OH excluding ortho intramolecular Hbond substituents is 3. The number of likely N-dealkylation sites (tertiary alicyclic amines) is 1. The van der Waals surface area contributed by atoms with Crippen LogP contribution in [0.5, 0.6) is 23.0 Å². The highest BCUT2D eigenvalue weighted by Crippen LogP contribution is 2.36. The minimum atomic E-state index is -0.663. The van der Waals surface area contributed by atoms with Crippen LogP contribution in [-0.2, 0) is 4.79 Å². The Kier molecular flexibility index (Phi) is 6.64. The summed E-state index contributed by atoms with van der Waals surface area (Å²) < 4.78 is 4.99. The molecule has 1 saturated heterocycles. The second-order valence-electron chi connectivity index (χ2n) is 7.43. The molecule has 1 heterocycles. The SMILES string of the molecule is CC(=O)Oc1cccc(C(=O)NCC2CCN(C(=O)c3cc(O)c(O)c(O)c3)CC2)c1. The van der Waals surface area contributed by atoms with E-state index in [1.807, 2.05) is 0 Å². The maximum atomic E-state index is 12.6. The Labute approximate surface area is 178 Å². The molecule has 2 aromatic carbocycles. The van der Waals surface area contributed by atoms with Gasteiger partial charge >= 0.3 is 5.97 Å². The average molecular weight is 428 g/mol. The summed E-state index contributed by atoms with van der Waals surface area (Å²) >= 11 is 0. The van der Waals surface area contributed by atoms with Gasteiger partial charge in [-0.25, -0.2) is 0 Å². The number of piperidine rings is 1. The Morgan fingerprint density at radius 2 is 1.68 bits per heavy atom. The lowest BCUT2D eigenvalue weighted by Crippen LogP contribution is -2.41. The average Bonchev–Trinajstić information content (AvgIpc) is 2.75. The topological polar surface area (TPSA) is 136 Å². The van der Waals surface area contributed by atoms with E-state index in [9.17, 15) is 29.7 Å². The predicted molar refractivity (Wildman–Crippen MR) is 110 cm³/mol. The van der Waals surface area contributed by atoms with Crippen molar-refractivity contribution >= 4 is 17.8 Å². The monoisotopic (exact) mass is 428 g/mol. The molecule has 1 fully saturated rings. The molecule has 0 aliphatic carbocycles. The van der Waals surface area contributed by atoms with Gasteiger partial charge in [-0.3, -0.25) is 14.4 Å². The van der Waals surface area contributed by atoms with Crippen molar-refractivity contribution in [2.24, 2.45) is 5.92 Å². The van der Waals surface area contributed by atoms with Gasteiger partial charge in [0.1, 0.15) is 5.75 Å². The van der Waals surface area contributed by atoms with Gasteiger partial charge in [0.15, 0.2) is 17.2 Å². The van der Waals surface area contributed by atoms with Gasteiger partial charge in [0.2, 0.25) is 0 Å². The molecule has 0 spiro atoms. The molecule has 9 heteroatoms. The molecule has 2 aromatic rings. The first kappa shape index (κ1) is 21.9. The standard InChI is InChI=1S/C22H24N2O7/c1-13(25)31-17-4-2-3-15(9-17)21(29)23-12-14-5-7-24(8-6-14)22(30)16-10-18(26)20(28)19(27)11-16/h2-4,9-11,14,26-28H,5-8,12H2,1H3,(H,23,29). The first-order valence-electron chi connectivity index (χ1n) is 9.85. The van der Waals surface area contributed by atoms with Crippen LogP contribution in [-0.4, -0.2) is 57.6 Å². The zero-order chi connectivity index (χ0) is 22.5. The number of phenols is 3. The Morgan fingerprint density at radius 3 is 2.29 bits per heavy atom. The van der Waals surface area contributed by atoms with Gasteiger partial charge in [-0.05, 0) is 49.1 Å². The van der Waals surface area contributed by atoms with Crippen LogP contribution in [0.25, 0.3) is 0 Å². The van der Waals surface area contributed by atoms with Crippen molar-refractivity contribution in [1.82, 2.24) is 10.2 Å². The molecule has 9 nitrogen and oxygen atoms in total. The normalized spacial score (nSPS) is 14.2. The first-order chi connectivity index (χ1) is 14.7. The minimum Gasteiger partial charge on any atom is -0.504 e. The van der Waals surface area contributed by atoms with Gasteiger partial charge in [-0.15, -0.1) is 0 Å².